The molecule has 0 bridgehead atoms. The summed E-state index contributed by atoms with van der Waals surface area (Å²) in [6.45, 7) is 3.21. The van der Waals surface area contributed by atoms with Gasteiger partial charge in [0.1, 0.15) is 0 Å². The number of carbonyl (C=O) groups is 2. The summed E-state index contributed by atoms with van der Waals surface area (Å²) in [7, 11) is 0. The summed E-state index contributed by atoms with van der Waals surface area (Å²) in [5, 5.41) is 6.26. The Morgan fingerprint density at radius 3 is 2.29 bits per heavy atom. The van der Waals surface area contributed by atoms with E-state index in [0.29, 0.717) is 25.6 Å². The number of likely N-dealkylation sites (tertiary alicyclic amines) is 1. The molecule has 0 saturated carbocycles. The fourth-order valence-corrected chi connectivity index (χ4v) is 2.38. The number of nitrogens with one attached hydrogen (secondary N) is 2. The molecular weight excluding hydrogens is 268 g/mol. The van der Waals surface area contributed by atoms with Crippen molar-refractivity contribution in [2.24, 2.45) is 5.73 Å². The number of amides is 3. The zero-order valence-corrected chi connectivity index (χ0v) is 12.3. The largest absolute Gasteiger partial charge is 0.382 e. The van der Waals surface area contributed by atoms with Crippen LogP contribution in [0.1, 0.15) is 26.2 Å². The van der Waals surface area contributed by atoms with E-state index in [2.05, 4.69) is 10.6 Å². The first-order valence-electron chi connectivity index (χ1n) is 7.29. The van der Waals surface area contributed by atoms with E-state index in [9.17, 15) is 9.59 Å². The van der Waals surface area contributed by atoms with Crippen molar-refractivity contribution in [3.05, 3.63) is 24.3 Å². The third-order valence-corrected chi connectivity index (χ3v) is 3.67. The van der Waals surface area contributed by atoms with Crippen molar-refractivity contribution in [2.75, 3.05) is 23.7 Å². The molecule has 1 heterocycles. The predicted octanol–water partition coefficient (Wildman–Crippen LogP) is 1.99. The molecule has 1 aromatic rings. The van der Waals surface area contributed by atoms with E-state index in [-0.39, 0.29) is 11.9 Å². The third-order valence-electron chi connectivity index (χ3n) is 3.67. The van der Waals surface area contributed by atoms with Crippen LogP contribution in [0.2, 0.25) is 0 Å². The molecule has 4 N–H and O–H groups in total. The molecule has 0 radical (unpaired) electrons. The molecule has 21 heavy (non-hydrogen) atoms. The summed E-state index contributed by atoms with van der Waals surface area (Å²) in [5.74, 6) is 0.00883. The Morgan fingerprint density at radius 1 is 1.19 bits per heavy atom. The van der Waals surface area contributed by atoms with Crippen LogP contribution < -0.4 is 16.4 Å². The topological polar surface area (TPSA) is 87.5 Å². The highest BCUT2D eigenvalue weighted by Crippen LogP contribution is 2.18. The quantitative estimate of drug-likeness (QED) is 0.792. The Morgan fingerprint density at radius 2 is 1.76 bits per heavy atom. The maximum atomic E-state index is 11.3. The zero-order valence-electron chi connectivity index (χ0n) is 12.3. The second kappa shape index (κ2) is 6.97. The second-order valence-electron chi connectivity index (χ2n) is 5.22. The van der Waals surface area contributed by atoms with Gasteiger partial charge in [-0.05, 0) is 37.1 Å². The number of urea groups is 1. The fraction of sp³-hybridized carbons (Fsp3) is 0.467. The minimum absolute atomic E-state index is 0.00883. The Labute approximate surface area is 124 Å². The molecule has 1 aliphatic heterocycles. The molecule has 1 saturated heterocycles. The van der Waals surface area contributed by atoms with Gasteiger partial charge in [0.05, 0.1) is 0 Å². The van der Waals surface area contributed by atoms with Crippen LogP contribution in [-0.2, 0) is 4.79 Å². The highest BCUT2D eigenvalue weighted by molar-refractivity contribution is 5.90. The molecule has 0 aliphatic carbocycles. The van der Waals surface area contributed by atoms with Crippen LogP contribution in [0.5, 0.6) is 0 Å². The fourth-order valence-electron chi connectivity index (χ4n) is 2.38. The maximum absolute atomic E-state index is 11.3. The van der Waals surface area contributed by atoms with Crippen molar-refractivity contribution in [3.8, 4) is 0 Å². The molecule has 6 nitrogen and oxygen atoms in total. The van der Waals surface area contributed by atoms with Gasteiger partial charge in [-0.25, -0.2) is 4.79 Å². The van der Waals surface area contributed by atoms with Crippen LogP contribution in [0.4, 0.5) is 16.2 Å². The van der Waals surface area contributed by atoms with Gasteiger partial charge in [-0.2, -0.15) is 0 Å². The highest BCUT2D eigenvalue weighted by atomic mass is 16.2. The SMILES string of the molecule is CCC(=O)Nc1ccc(NC2CCN(C(N)=O)CC2)cc1. The van der Waals surface area contributed by atoms with Gasteiger partial charge in [-0.15, -0.1) is 0 Å². The molecule has 1 fully saturated rings. The number of rotatable bonds is 4. The lowest BCUT2D eigenvalue weighted by Crippen LogP contribution is -2.44. The number of hydrogen-bond acceptors (Lipinski definition) is 3. The summed E-state index contributed by atoms with van der Waals surface area (Å²) in [4.78, 5) is 24.0. The van der Waals surface area contributed by atoms with Crippen molar-refractivity contribution < 1.29 is 9.59 Å². The van der Waals surface area contributed by atoms with Gasteiger partial charge in [0.15, 0.2) is 0 Å². The minimum atomic E-state index is -0.343. The number of nitrogens with two attached hydrogens (primary N) is 1. The summed E-state index contributed by atoms with van der Waals surface area (Å²) in [6, 6.07) is 7.67. The molecule has 6 heteroatoms. The van der Waals surface area contributed by atoms with E-state index in [0.717, 1.165) is 24.2 Å². The first-order chi connectivity index (χ1) is 10.1. The summed E-state index contributed by atoms with van der Waals surface area (Å²) < 4.78 is 0. The van der Waals surface area contributed by atoms with Crippen molar-refractivity contribution in [3.63, 3.8) is 0 Å². The normalized spacial score (nSPS) is 15.6. The third kappa shape index (κ3) is 4.37. The zero-order chi connectivity index (χ0) is 15.2. The Bertz CT molecular complexity index is 493. The van der Waals surface area contributed by atoms with Gasteiger partial charge in [0.25, 0.3) is 0 Å². The number of carbonyl (C=O) groups excluding carboxylic acids is 2. The molecule has 3 amide bonds. The minimum Gasteiger partial charge on any atom is -0.382 e. The molecule has 2 rings (SSSR count). The second-order valence-corrected chi connectivity index (χ2v) is 5.22. The van der Waals surface area contributed by atoms with Crippen LogP contribution in [0.3, 0.4) is 0 Å². The average molecular weight is 290 g/mol. The van der Waals surface area contributed by atoms with Gasteiger partial charge in [-0.1, -0.05) is 6.92 Å². The molecule has 0 spiro atoms. The van der Waals surface area contributed by atoms with E-state index in [1.54, 1.807) is 4.90 Å². The number of primary amides is 1. The first-order valence-corrected chi connectivity index (χ1v) is 7.29. The summed E-state index contributed by atoms with van der Waals surface area (Å²) in [6.07, 6.45) is 2.24. The van der Waals surface area contributed by atoms with Crippen molar-refractivity contribution in [2.45, 2.75) is 32.2 Å². The number of hydrogen-bond donors (Lipinski definition) is 3. The standard InChI is InChI=1S/C15H22N4O2/c1-2-14(20)18-12-5-3-11(4-6-12)17-13-7-9-19(10-8-13)15(16)21/h3-6,13,17H,2,7-10H2,1H3,(H2,16,21)(H,18,20). The van der Waals surface area contributed by atoms with E-state index in [4.69, 9.17) is 5.73 Å². The van der Waals surface area contributed by atoms with E-state index in [1.165, 1.54) is 0 Å². The van der Waals surface area contributed by atoms with Gasteiger partial charge in [0.2, 0.25) is 5.91 Å². The summed E-state index contributed by atoms with van der Waals surface area (Å²) in [5.41, 5.74) is 7.08. The molecule has 1 aliphatic rings. The van der Waals surface area contributed by atoms with Crippen LogP contribution in [0, 0.1) is 0 Å². The lowest BCUT2D eigenvalue weighted by molar-refractivity contribution is -0.115. The maximum Gasteiger partial charge on any atom is 0.314 e. The number of nitrogens with zero attached hydrogens (tertiary/aromatic N) is 1. The van der Waals surface area contributed by atoms with E-state index >= 15 is 0 Å². The van der Waals surface area contributed by atoms with Gasteiger partial charge in [-0.3, -0.25) is 4.79 Å². The first kappa shape index (κ1) is 15.2. The lowest BCUT2D eigenvalue weighted by atomic mass is 10.0. The summed E-state index contributed by atoms with van der Waals surface area (Å²) >= 11 is 0. The van der Waals surface area contributed by atoms with Gasteiger partial charge < -0.3 is 21.3 Å². The molecule has 0 unspecified atom stereocenters. The van der Waals surface area contributed by atoms with Gasteiger partial charge in [0, 0.05) is 36.9 Å². The smallest absolute Gasteiger partial charge is 0.314 e. The monoisotopic (exact) mass is 290 g/mol. The van der Waals surface area contributed by atoms with Crippen molar-refractivity contribution in [1.82, 2.24) is 4.90 Å². The van der Waals surface area contributed by atoms with Crippen molar-refractivity contribution in [1.29, 1.82) is 0 Å². The molecule has 114 valence electrons. The number of benzene rings is 1. The Balaban J connectivity index is 1.84. The average Bonchev–Trinajstić information content (AvgIpc) is 2.49. The predicted molar refractivity (Wildman–Crippen MR) is 83.2 cm³/mol. The van der Waals surface area contributed by atoms with Crippen LogP contribution in [-0.4, -0.2) is 36.0 Å². The molecule has 0 atom stereocenters. The Hall–Kier alpha value is -2.24. The molecule has 1 aromatic carbocycles. The molecule has 0 aromatic heterocycles. The van der Waals surface area contributed by atoms with Crippen LogP contribution in [0.25, 0.3) is 0 Å². The Kier molecular flexibility index (Phi) is 5.03. The van der Waals surface area contributed by atoms with E-state index in [1.807, 2.05) is 31.2 Å². The highest BCUT2D eigenvalue weighted by Gasteiger charge is 2.20. The van der Waals surface area contributed by atoms with E-state index < -0.39 is 0 Å². The molecular formula is C15H22N4O2. The van der Waals surface area contributed by atoms with Crippen molar-refractivity contribution >= 4 is 23.3 Å². The van der Waals surface area contributed by atoms with Crippen LogP contribution >= 0.6 is 0 Å². The number of anilines is 2. The van der Waals surface area contributed by atoms with Crippen LogP contribution in [0.15, 0.2) is 24.3 Å². The lowest BCUT2D eigenvalue weighted by Gasteiger charge is -2.31. The van der Waals surface area contributed by atoms with Gasteiger partial charge >= 0.3 is 6.03 Å². The number of piperidine rings is 1.